The predicted molar refractivity (Wildman–Crippen MR) is 137 cm³/mol. The van der Waals surface area contributed by atoms with Crippen LogP contribution in [-0.4, -0.2) is 25.2 Å². The minimum atomic E-state index is -1.08. The van der Waals surface area contributed by atoms with Crippen molar-refractivity contribution in [2.45, 2.75) is 12.0 Å². The number of anilines is 2. The van der Waals surface area contributed by atoms with Gasteiger partial charge in [-0.15, -0.1) is 0 Å². The SMILES string of the molecule is O=C(Nc1ccc(F)cc1F)c1ccccc1CN1C(=O)C2(COc3cc4c(cc32)OCO4)c2ccccc21. The van der Waals surface area contributed by atoms with Crippen LogP contribution in [0.2, 0.25) is 0 Å². The van der Waals surface area contributed by atoms with Crippen LogP contribution < -0.4 is 24.4 Å². The van der Waals surface area contributed by atoms with Crippen LogP contribution >= 0.6 is 0 Å². The van der Waals surface area contributed by atoms with E-state index in [1.54, 1.807) is 35.2 Å². The number of hydrogen-bond donors (Lipinski definition) is 1. The van der Waals surface area contributed by atoms with Gasteiger partial charge in [-0.2, -0.15) is 0 Å². The summed E-state index contributed by atoms with van der Waals surface area (Å²) in [6.07, 6.45) is 0. The number of fused-ring (bicyclic) bond motifs is 5. The molecule has 1 spiro atoms. The number of nitrogens with one attached hydrogen (secondary N) is 1. The second-order valence-electron chi connectivity index (χ2n) is 9.54. The number of rotatable bonds is 4. The van der Waals surface area contributed by atoms with Crippen molar-refractivity contribution < 1.29 is 32.6 Å². The summed E-state index contributed by atoms with van der Waals surface area (Å²) in [5.74, 6) is -0.712. The normalized spacial score (nSPS) is 18.2. The van der Waals surface area contributed by atoms with Gasteiger partial charge in [-0.1, -0.05) is 36.4 Å². The Kier molecular flexibility index (Phi) is 5.09. The molecule has 7 rings (SSSR count). The minimum absolute atomic E-state index is 0.0903. The van der Waals surface area contributed by atoms with Crippen LogP contribution in [0.25, 0.3) is 0 Å². The van der Waals surface area contributed by atoms with Crippen LogP contribution in [0.3, 0.4) is 0 Å². The Bertz CT molecular complexity index is 1690. The molecule has 0 saturated carbocycles. The van der Waals surface area contributed by atoms with Gasteiger partial charge in [-0.25, -0.2) is 8.78 Å². The Labute approximate surface area is 221 Å². The molecule has 0 fully saturated rings. The molecule has 4 aromatic carbocycles. The molecular weight excluding hydrogens is 506 g/mol. The van der Waals surface area contributed by atoms with Crippen LogP contribution in [0.4, 0.5) is 20.2 Å². The summed E-state index contributed by atoms with van der Waals surface area (Å²) in [7, 11) is 0. The van der Waals surface area contributed by atoms with Gasteiger partial charge in [-0.05, 0) is 41.5 Å². The molecule has 194 valence electrons. The number of amides is 2. The molecule has 9 heteroatoms. The molecule has 3 heterocycles. The Balaban J connectivity index is 1.26. The van der Waals surface area contributed by atoms with Crippen molar-refractivity contribution in [1.82, 2.24) is 0 Å². The van der Waals surface area contributed by atoms with Gasteiger partial charge in [0.1, 0.15) is 29.4 Å². The first-order valence-corrected chi connectivity index (χ1v) is 12.3. The number of nitrogens with zero attached hydrogens (tertiary/aromatic N) is 1. The third-order valence-corrected chi connectivity index (χ3v) is 7.41. The summed E-state index contributed by atoms with van der Waals surface area (Å²) in [5, 5.41) is 2.51. The average Bonchev–Trinajstić information content (AvgIpc) is 3.62. The lowest BCUT2D eigenvalue weighted by Crippen LogP contribution is -2.42. The second-order valence-corrected chi connectivity index (χ2v) is 9.54. The summed E-state index contributed by atoms with van der Waals surface area (Å²) in [6.45, 7) is 0.305. The van der Waals surface area contributed by atoms with Crippen molar-refractivity contribution in [3.8, 4) is 17.2 Å². The van der Waals surface area contributed by atoms with E-state index in [1.807, 2.05) is 30.3 Å². The lowest BCUT2D eigenvalue weighted by Gasteiger charge is -2.24. The number of halogens is 2. The first-order valence-electron chi connectivity index (χ1n) is 12.3. The molecule has 0 saturated heterocycles. The summed E-state index contributed by atoms with van der Waals surface area (Å²) >= 11 is 0. The maximum atomic E-state index is 14.3. The quantitative estimate of drug-likeness (QED) is 0.397. The minimum Gasteiger partial charge on any atom is -0.491 e. The van der Waals surface area contributed by atoms with E-state index in [9.17, 15) is 18.4 Å². The van der Waals surface area contributed by atoms with Crippen molar-refractivity contribution >= 4 is 23.2 Å². The lowest BCUT2D eigenvalue weighted by atomic mass is 9.77. The van der Waals surface area contributed by atoms with E-state index in [2.05, 4.69) is 5.32 Å². The molecule has 1 N–H and O–H groups in total. The molecule has 0 aromatic heterocycles. The molecule has 3 aliphatic heterocycles. The van der Waals surface area contributed by atoms with Crippen LogP contribution in [0, 0.1) is 11.6 Å². The summed E-state index contributed by atoms with van der Waals surface area (Å²) < 4.78 is 44.6. The van der Waals surface area contributed by atoms with Gasteiger partial charge in [0.15, 0.2) is 11.5 Å². The molecular formula is C30H20F2N2O5. The van der Waals surface area contributed by atoms with Gasteiger partial charge < -0.3 is 24.4 Å². The number of carbonyl (C=O) groups is 2. The highest BCUT2D eigenvalue weighted by molar-refractivity contribution is 6.12. The van der Waals surface area contributed by atoms with E-state index in [1.165, 1.54) is 0 Å². The molecule has 3 aliphatic rings. The lowest BCUT2D eigenvalue weighted by molar-refractivity contribution is -0.122. The maximum Gasteiger partial charge on any atom is 0.256 e. The number of benzene rings is 4. The monoisotopic (exact) mass is 526 g/mol. The predicted octanol–water partition coefficient (Wildman–Crippen LogP) is 5.17. The van der Waals surface area contributed by atoms with Gasteiger partial charge in [0.25, 0.3) is 5.91 Å². The molecule has 1 unspecified atom stereocenters. The molecule has 4 aromatic rings. The van der Waals surface area contributed by atoms with E-state index in [0.29, 0.717) is 40.1 Å². The van der Waals surface area contributed by atoms with Gasteiger partial charge in [0.2, 0.25) is 12.7 Å². The number of ether oxygens (including phenoxy) is 3. The van der Waals surface area contributed by atoms with Gasteiger partial charge in [0.05, 0.1) is 12.2 Å². The number of hydrogen-bond acceptors (Lipinski definition) is 5. The van der Waals surface area contributed by atoms with Crippen molar-refractivity contribution in [2.24, 2.45) is 0 Å². The summed E-state index contributed by atoms with van der Waals surface area (Å²) in [5.41, 5.74) is 1.79. The second kappa shape index (κ2) is 8.56. The Morgan fingerprint density at radius 3 is 2.49 bits per heavy atom. The van der Waals surface area contributed by atoms with Crippen LogP contribution in [0.15, 0.2) is 78.9 Å². The van der Waals surface area contributed by atoms with Crippen LogP contribution in [0.5, 0.6) is 17.2 Å². The Hall–Kier alpha value is -4.92. The molecule has 0 bridgehead atoms. The average molecular weight is 526 g/mol. The van der Waals surface area contributed by atoms with Crippen LogP contribution in [-0.2, 0) is 16.8 Å². The van der Waals surface area contributed by atoms with Crippen molar-refractivity contribution in [3.05, 3.63) is 113 Å². The topological polar surface area (TPSA) is 77.1 Å². The van der Waals surface area contributed by atoms with Crippen molar-refractivity contribution in [3.63, 3.8) is 0 Å². The molecule has 7 nitrogen and oxygen atoms in total. The van der Waals surface area contributed by atoms with Gasteiger partial charge in [-0.3, -0.25) is 9.59 Å². The zero-order valence-electron chi connectivity index (χ0n) is 20.4. The fourth-order valence-corrected chi connectivity index (χ4v) is 5.55. The van der Waals surface area contributed by atoms with E-state index >= 15 is 0 Å². The molecule has 39 heavy (non-hydrogen) atoms. The van der Waals surface area contributed by atoms with E-state index in [4.69, 9.17) is 14.2 Å². The first-order chi connectivity index (χ1) is 19.0. The van der Waals surface area contributed by atoms with Crippen LogP contribution in [0.1, 0.15) is 27.0 Å². The molecule has 0 radical (unpaired) electrons. The molecule has 0 aliphatic carbocycles. The van der Waals surface area contributed by atoms with Gasteiger partial charge in [0, 0.05) is 28.9 Å². The largest absolute Gasteiger partial charge is 0.491 e. The highest BCUT2D eigenvalue weighted by atomic mass is 19.1. The summed E-state index contributed by atoms with van der Waals surface area (Å²) in [4.78, 5) is 29.1. The zero-order valence-corrected chi connectivity index (χ0v) is 20.4. The zero-order chi connectivity index (χ0) is 26.7. The maximum absolute atomic E-state index is 14.3. The third-order valence-electron chi connectivity index (χ3n) is 7.41. The van der Waals surface area contributed by atoms with E-state index in [0.717, 1.165) is 17.7 Å². The standard InChI is InChI=1S/C30H20F2N2O5/c31-18-9-10-23(22(32)11-18)33-28(35)19-6-2-1-5-17(19)14-34-24-8-4-3-7-20(24)30(29(34)36)15-37-25-13-27-26(12-21(25)30)38-16-39-27/h1-13H,14-16H2,(H,33,35). The third kappa shape index (κ3) is 3.46. The van der Waals surface area contributed by atoms with Crippen molar-refractivity contribution in [1.29, 1.82) is 0 Å². The highest BCUT2D eigenvalue weighted by Crippen LogP contribution is 2.55. The Morgan fingerprint density at radius 2 is 1.64 bits per heavy atom. The van der Waals surface area contributed by atoms with E-state index < -0.39 is 23.0 Å². The number of para-hydroxylation sites is 1. The fourth-order valence-electron chi connectivity index (χ4n) is 5.55. The van der Waals surface area contributed by atoms with Gasteiger partial charge >= 0.3 is 0 Å². The number of carbonyl (C=O) groups excluding carboxylic acids is 2. The first kappa shape index (κ1) is 23.2. The van der Waals surface area contributed by atoms with Crippen molar-refractivity contribution in [2.75, 3.05) is 23.6 Å². The Morgan fingerprint density at radius 1 is 0.872 bits per heavy atom. The fraction of sp³-hybridized carbons (Fsp3) is 0.133. The summed E-state index contributed by atoms with van der Waals surface area (Å²) in [6, 6.07) is 20.8. The van der Waals surface area contributed by atoms with E-state index in [-0.39, 0.29) is 37.1 Å². The highest BCUT2D eigenvalue weighted by Gasteiger charge is 2.57. The molecule has 1 atom stereocenters. The smallest absolute Gasteiger partial charge is 0.256 e. The molecule has 2 amide bonds.